The van der Waals surface area contributed by atoms with Gasteiger partial charge in [0.05, 0.1) is 0 Å². The van der Waals surface area contributed by atoms with Gasteiger partial charge < -0.3 is 10.6 Å². The summed E-state index contributed by atoms with van der Waals surface area (Å²) in [6.07, 6.45) is 0.974. The largest absolute Gasteiger partial charge is 0.330 e. The average Bonchev–Trinajstić information content (AvgIpc) is 2.56. The summed E-state index contributed by atoms with van der Waals surface area (Å²) >= 11 is 3.47. The number of nitrogens with two attached hydrogens (primary N) is 1. The Labute approximate surface area is 159 Å². The summed E-state index contributed by atoms with van der Waals surface area (Å²) in [4.78, 5) is 12.7. The van der Waals surface area contributed by atoms with E-state index in [1.165, 1.54) is 11.1 Å². The summed E-state index contributed by atoms with van der Waals surface area (Å²) in [5, 5.41) is 5.27. The zero-order valence-corrected chi connectivity index (χ0v) is 17.3. The van der Waals surface area contributed by atoms with Crippen LogP contribution in [0.1, 0.15) is 48.6 Å². The molecule has 0 aliphatic rings. The van der Waals surface area contributed by atoms with Crippen molar-refractivity contribution < 1.29 is 10.1 Å². The number of halogens is 1. The molecule has 2 aromatic carbocycles. The number of hydrogen-bond donors (Lipinski definition) is 2. The van der Waals surface area contributed by atoms with Crippen LogP contribution in [-0.2, 0) is 4.79 Å². The molecule has 3 nitrogen and oxygen atoms in total. The van der Waals surface area contributed by atoms with Crippen LogP contribution < -0.4 is 10.6 Å². The smallest absolute Gasteiger partial charge is 0.282 e. The topological polar surface area (TPSA) is 45.7 Å². The molecule has 0 bridgehead atoms. The van der Waals surface area contributed by atoms with Crippen LogP contribution in [0.3, 0.4) is 0 Å². The van der Waals surface area contributed by atoms with E-state index in [2.05, 4.69) is 76.8 Å². The van der Waals surface area contributed by atoms with E-state index in [1.54, 1.807) is 0 Å². The third-order valence-corrected chi connectivity index (χ3v) is 5.13. The molecule has 3 N–H and O–H groups in total. The highest BCUT2D eigenvalue weighted by atomic mass is 79.9. The number of amides is 1. The normalized spacial score (nSPS) is 13.4. The van der Waals surface area contributed by atoms with Crippen LogP contribution in [0.2, 0.25) is 0 Å². The van der Waals surface area contributed by atoms with Gasteiger partial charge in [-0.3, -0.25) is 4.79 Å². The average molecular weight is 404 g/mol. The molecule has 2 aromatic rings. The van der Waals surface area contributed by atoms with Crippen LogP contribution in [0.15, 0.2) is 40.9 Å². The summed E-state index contributed by atoms with van der Waals surface area (Å²) in [5.41, 5.74) is 5.62. The first-order chi connectivity index (χ1) is 11.8. The molecule has 0 aliphatic carbocycles. The molecule has 0 radical (unpaired) electrons. The van der Waals surface area contributed by atoms with Crippen molar-refractivity contribution in [2.75, 3.05) is 5.32 Å². The Balaban J connectivity index is 2.08. The Bertz CT molecular complexity index is 717. The minimum atomic E-state index is -0.159. The zero-order valence-electron chi connectivity index (χ0n) is 15.7. The van der Waals surface area contributed by atoms with Crippen LogP contribution >= 0.6 is 15.9 Å². The van der Waals surface area contributed by atoms with Crippen LogP contribution in [0.5, 0.6) is 0 Å². The fourth-order valence-corrected chi connectivity index (χ4v) is 3.51. The van der Waals surface area contributed by atoms with Crippen molar-refractivity contribution in [1.29, 1.82) is 0 Å². The molecular weight excluding hydrogens is 376 g/mol. The molecule has 2 rings (SSSR count). The van der Waals surface area contributed by atoms with Crippen molar-refractivity contribution in [2.45, 2.75) is 53.1 Å². The van der Waals surface area contributed by atoms with Gasteiger partial charge in [-0.15, -0.1) is 0 Å². The Kier molecular flexibility index (Phi) is 6.79. The van der Waals surface area contributed by atoms with Gasteiger partial charge in [0.15, 0.2) is 6.04 Å². The van der Waals surface area contributed by atoms with Gasteiger partial charge in [0.2, 0.25) is 0 Å². The number of hydrogen-bond acceptors (Lipinski definition) is 1. The number of quaternary nitrogens is 1. The second-order valence-corrected chi connectivity index (χ2v) is 7.73. The van der Waals surface area contributed by atoms with Crippen LogP contribution in [0.25, 0.3) is 0 Å². The number of carbonyl (C=O) groups excluding carboxylic acids is 1. The van der Waals surface area contributed by atoms with E-state index >= 15 is 0 Å². The van der Waals surface area contributed by atoms with Gasteiger partial charge in [-0.25, -0.2) is 0 Å². The first-order valence-electron chi connectivity index (χ1n) is 8.81. The van der Waals surface area contributed by atoms with E-state index in [1.807, 2.05) is 20.8 Å². The van der Waals surface area contributed by atoms with Gasteiger partial charge in [-0.2, -0.15) is 0 Å². The Hall–Kier alpha value is -1.65. The summed E-state index contributed by atoms with van der Waals surface area (Å²) in [5.74, 6) is 0.0469. The lowest BCUT2D eigenvalue weighted by Gasteiger charge is -2.20. The van der Waals surface area contributed by atoms with Crippen molar-refractivity contribution in [1.82, 2.24) is 0 Å². The first-order valence-corrected chi connectivity index (χ1v) is 9.60. The van der Waals surface area contributed by atoms with Gasteiger partial charge >= 0.3 is 0 Å². The van der Waals surface area contributed by atoms with Crippen molar-refractivity contribution in [3.63, 3.8) is 0 Å². The van der Waals surface area contributed by atoms with Crippen molar-refractivity contribution in [3.8, 4) is 0 Å². The lowest BCUT2D eigenvalue weighted by atomic mass is 10.0. The molecule has 134 valence electrons. The number of anilines is 1. The number of carbonyl (C=O) groups is 1. The van der Waals surface area contributed by atoms with Crippen LogP contribution in [0, 0.1) is 20.8 Å². The summed E-state index contributed by atoms with van der Waals surface area (Å²) in [6, 6.07) is 12.7. The fourth-order valence-electron chi connectivity index (χ4n) is 3.24. The predicted octanol–water partition coefficient (Wildman–Crippen LogP) is 4.42. The lowest BCUT2D eigenvalue weighted by Crippen LogP contribution is -2.92. The molecule has 0 unspecified atom stereocenters. The van der Waals surface area contributed by atoms with Gasteiger partial charge in [0.25, 0.3) is 5.91 Å². The third kappa shape index (κ3) is 5.16. The van der Waals surface area contributed by atoms with Crippen molar-refractivity contribution >= 4 is 27.5 Å². The molecule has 0 fully saturated rings. The molecule has 0 aromatic heterocycles. The second kappa shape index (κ2) is 8.63. The molecule has 1 amide bonds. The molecule has 25 heavy (non-hydrogen) atoms. The van der Waals surface area contributed by atoms with Gasteiger partial charge in [0, 0.05) is 22.1 Å². The lowest BCUT2D eigenvalue weighted by molar-refractivity contribution is -0.713. The minimum absolute atomic E-state index is 0.0469. The highest BCUT2D eigenvalue weighted by Gasteiger charge is 2.23. The van der Waals surface area contributed by atoms with E-state index in [0.29, 0.717) is 0 Å². The van der Waals surface area contributed by atoms with E-state index < -0.39 is 0 Å². The van der Waals surface area contributed by atoms with Crippen molar-refractivity contribution in [3.05, 3.63) is 63.1 Å². The van der Waals surface area contributed by atoms with Gasteiger partial charge in [-0.05, 0) is 51.0 Å². The van der Waals surface area contributed by atoms with Gasteiger partial charge in [-0.1, -0.05) is 52.7 Å². The Morgan fingerprint density at radius 1 is 1.12 bits per heavy atom. The standard InChI is InChI=1S/C21H27BrN2O/c1-6-19(17-7-9-18(22)10-8-17)23-16(5)21(25)24-20-14(3)11-13(2)12-15(20)4/h7-12,16,19,23H,6H2,1-5H3,(H,24,25)/p+1/t16-,19-/m0/s1. The van der Waals surface area contributed by atoms with Crippen LogP contribution in [0.4, 0.5) is 5.69 Å². The zero-order chi connectivity index (χ0) is 18.6. The molecule has 0 aliphatic heterocycles. The maximum Gasteiger partial charge on any atom is 0.282 e. The van der Waals surface area contributed by atoms with E-state index in [0.717, 1.165) is 27.7 Å². The molecule has 0 heterocycles. The van der Waals surface area contributed by atoms with E-state index in [9.17, 15) is 4.79 Å². The first kappa shape index (κ1) is 19.7. The van der Waals surface area contributed by atoms with E-state index in [-0.39, 0.29) is 18.0 Å². The SMILES string of the molecule is CC[C@H]([NH2+][C@@H](C)C(=O)Nc1c(C)cc(C)cc1C)c1ccc(Br)cc1. The highest BCUT2D eigenvalue weighted by Crippen LogP contribution is 2.22. The molecule has 2 atom stereocenters. The number of nitrogens with one attached hydrogen (secondary N) is 1. The summed E-state index contributed by atoms with van der Waals surface area (Å²) in [6.45, 7) is 10.3. The van der Waals surface area contributed by atoms with Crippen molar-refractivity contribution in [2.24, 2.45) is 0 Å². The molecule has 0 saturated heterocycles. The second-order valence-electron chi connectivity index (χ2n) is 6.81. The number of benzene rings is 2. The maximum atomic E-state index is 12.7. The van der Waals surface area contributed by atoms with Crippen LogP contribution in [-0.4, -0.2) is 11.9 Å². The molecular formula is C21H28BrN2O+. The summed E-state index contributed by atoms with van der Waals surface area (Å²) in [7, 11) is 0. The van der Waals surface area contributed by atoms with E-state index in [4.69, 9.17) is 0 Å². The predicted molar refractivity (Wildman–Crippen MR) is 108 cm³/mol. The fraction of sp³-hybridized carbons (Fsp3) is 0.381. The van der Waals surface area contributed by atoms with Gasteiger partial charge in [0.1, 0.15) is 6.04 Å². The maximum absolute atomic E-state index is 12.7. The number of rotatable bonds is 6. The monoisotopic (exact) mass is 403 g/mol. The summed E-state index contributed by atoms with van der Waals surface area (Å²) < 4.78 is 1.07. The molecule has 0 saturated carbocycles. The Morgan fingerprint density at radius 3 is 2.20 bits per heavy atom. The minimum Gasteiger partial charge on any atom is -0.330 e. The number of aryl methyl sites for hydroxylation is 3. The third-order valence-electron chi connectivity index (χ3n) is 4.60. The Morgan fingerprint density at radius 2 is 1.68 bits per heavy atom. The molecule has 0 spiro atoms. The quantitative estimate of drug-likeness (QED) is 0.736. The molecule has 4 heteroatoms. The highest BCUT2D eigenvalue weighted by molar-refractivity contribution is 9.10.